The minimum atomic E-state index is -1.40. The highest BCUT2D eigenvalue weighted by Crippen LogP contribution is 2.27. The van der Waals surface area contributed by atoms with Gasteiger partial charge in [-0.2, -0.15) is 0 Å². The van der Waals surface area contributed by atoms with Crippen LogP contribution in [-0.2, 0) is 25.7 Å². The van der Waals surface area contributed by atoms with E-state index in [0.717, 1.165) is 5.56 Å². The largest absolute Gasteiger partial charge is 0.461 e. The maximum Gasteiger partial charge on any atom is 0.312 e. The smallest absolute Gasteiger partial charge is 0.312 e. The van der Waals surface area contributed by atoms with Crippen molar-refractivity contribution < 1.29 is 19.1 Å². The molecule has 2 unspecified atom stereocenters. The molecule has 0 aliphatic carbocycles. The first-order chi connectivity index (χ1) is 9.97. The Morgan fingerprint density at radius 1 is 1.38 bits per heavy atom. The van der Waals surface area contributed by atoms with E-state index in [9.17, 15) is 14.4 Å². The van der Waals surface area contributed by atoms with Gasteiger partial charge in [-0.3, -0.25) is 19.7 Å². The van der Waals surface area contributed by atoms with Gasteiger partial charge in [-0.15, -0.1) is 0 Å². The van der Waals surface area contributed by atoms with E-state index in [4.69, 9.17) is 10.5 Å². The van der Waals surface area contributed by atoms with Gasteiger partial charge in [-0.05, 0) is 12.0 Å². The second-order valence-electron chi connectivity index (χ2n) is 5.12. The molecule has 21 heavy (non-hydrogen) atoms. The van der Waals surface area contributed by atoms with Crippen molar-refractivity contribution in [2.75, 3.05) is 0 Å². The highest BCUT2D eigenvalue weighted by atomic mass is 16.5. The van der Waals surface area contributed by atoms with Gasteiger partial charge in [0.05, 0.1) is 5.92 Å². The van der Waals surface area contributed by atoms with Crippen LogP contribution in [0.15, 0.2) is 30.3 Å². The molecular weight excluding hydrogens is 272 g/mol. The topological polar surface area (TPSA) is 98.5 Å². The third kappa shape index (κ3) is 3.11. The molecule has 1 aromatic rings. The van der Waals surface area contributed by atoms with Crippen LogP contribution < -0.4 is 11.1 Å². The normalized spacial score (nSPS) is 25.3. The molecule has 112 valence electrons. The Labute approximate surface area is 122 Å². The summed E-state index contributed by atoms with van der Waals surface area (Å²) in [7, 11) is 0. The molecule has 1 saturated heterocycles. The van der Waals surface area contributed by atoms with Gasteiger partial charge >= 0.3 is 5.97 Å². The fourth-order valence-corrected chi connectivity index (χ4v) is 2.35. The van der Waals surface area contributed by atoms with E-state index in [1.54, 1.807) is 6.92 Å². The number of imide groups is 1. The van der Waals surface area contributed by atoms with Crippen LogP contribution in [-0.4, -0.2) is 23.3 Å². The van der Waals surface area contributed by atoms with Crippen LogP contribution in [0, 0.1) is 5.92 Å². The number of piperidine rings is 1. The summed E-state index contributed by atoms with van der Waals surface area (Å²) < 4.78 is 5.21. The summed E-state index contributed by atoms with van der Waals surface area (Å²) in [4.78, 5) is 35.6. The Hall–Kier alpha value is -2.21. The van der Waals surface area contributed by atoms with Crippen molar-refractivity contribution in [3.8, 4) is 0 Å². The van der Waals surface area contributed by atoms with E-state index >= 15 is 0 Å². The predicted molar refractivity (Wildman–Crippen MR) is 74.7 cm³/mol. The molecule has 0 aromatic heterocycles. The summed E-state index contributed by atoms with van der Waals surface area (Å²) in [6.07, 6.45) is 0.112. The monoisotopic (exact) mass is 290 g/mol. The van der Waals surface area contributed by atoms with Crippen LogP contribution in [0.3, 0.4) is 0 Å². The molecule has 3 N–H and O–H groups in total. The van der Waals surface area contributed by atoms with Crippen molar-refractivity contribution in [2.24, 2.45) is 11.7 Å². The number of carbonyl (C=O) groups is 3. The van der Waals surface area contributed by atoms with Gasteiger partial charge < -0.3 is 10.5 Å². The van der Waals surface area contributed by atoms with Crippen molar-refractivity contribution in [3.63, 3.8) is 0 Å². The first kappa shape index (κ1) is 15.2. The Morgan fingerprint density at radius 2 is 2.05 bits per heavy atom. The van der Waals surface area contributed by atoms with Crippen LogP contribution in [0.1, 0.15) is 25.3 Å². The lowest BCUT2D eigenvalue weighted by atomic mass is 9.77. The lowest BCUT2D eigenvalue weighted by Gasteiger charge is -2.36. The number of rotatable bonds is 4. The number of benzene rings is 1. The van der Waals surface area contributed by atoms with Gasteiger partial charge in [0, 0.05) is 6.42 Å². The third-order valence-electron chi connectivity index (χ3n) is 3.78. The molecular formula is C15H18N2O4. The molecule has 6 heteroatoms. The van der Waals surface area contributed by atoms with E-state index in [0.29, 0.717) is 0 Å². The fourth-order valence-electron chi connectivity index (χ4n) is 2.35. The van der Waals surface area contributed by atoms with Crippen molar-refractivity contribution in [1.82, 2.24) is 5.32 Å². The Morgan fingerprint density at radius 3 is 2.67 bits per heavy atom. The van der Waals surface area contributed by atoms with Crippen LogP contribution in [0.5, 0.6) is 0 Å². The Kier molecular flexibility index (Phi) is 4.37. The van der Waals surface area contributed by atoms with Crippen LogP contribution in [0.4, 0.5) is 0 Å². The zero-order valence-corrected chi connectivity index (χ0v) is 11.8. The molecule has 1 aliphatic rings. The van der Waals surface area contributed by atoms with Crippen molar-refractivity contribution in [1.29, 1.82) is 0 Å². The van der Waals surface area contributed by atoms with Crippen LogP contribution in [0.2, 0.25) is 0 Å². The molecule has 0 spiro atoms. The quantitative estimate of drug-likeness (QED) is 0.621. The number of amides is 2. The Balaban J connectivity index is 2.08. The molecule has 0 saturated carbocycles. The average Bonchev–Trinajstić information content (AvgIpc) is 2.49. The van der Waals surface area contributed by atoms with Gasteiger partial charge in [-0.1, -0.05) is 37.3 Å². The molecule has 1 aromatic carbocycles. The molecule has 1 heterocycles. The molecule has 2 amide bonds. The van der Waals surface area contributed by atoms with E-state index in [-0.39, 0.29) is 19.4 Å². The molecule has 0 bridgehead atoms. The van der Waals surface area contributed by atoms with E-state index in [1.165, 1.54) is 0 Å². The van der Waals surface area contributed by atoms with Crippen molar-refractivity contribution in [3.05, 3.63) is 35.9 Å². The maximum atomic E-state index is 12.2. The second kappa shape index (κ2) is 6.05. The molecule has 6 nitrogen and oxygen atoms in total. The third-order valence-corrected chi connectivity index (χ3v) is 3.78. The molecule has 1 aliphatic heterocycles. The molecule has 2 rings (SSSR count). The van der Waals surface area contributed by atoms with Crippen molar-refractivity contribution in [2.45, 2.75) is 31.9 Å². The highest BCUT2D eigenvalue weighted by molar-refractivity contribution is 6.06. The van der Waals surface area contributed by atoms with Gasteiger partial charge in [0.1, 0.15) is 12.1 Å². The van der Waals surface area contributed by atoms with Crippen LogP contribution >= 0.6 is 0 Å². The van der Waals surface area contributed by atoms with Gasteiger partial charge in [0.2, 0.25) is 11.8 Å². The molecule has 1 fully saturated rings. The Bertz CT molecular complexity index is 558. The number of hydrogen-bond acceptors (Lipinski definition) is 5. The SMILES string of the molecule is CCC1(N)C(=O)NC(=O)CC1C(=O)OCc1ccccc1. The van der Waals surface area contributed by atoms with Crippen LogP contribution in [0.25, 0.3) is 0 Å². The minimum Gasteiger partial charge on any atom is -0.461 e. The van der Waals surface area contributed by atoms with Gasteiger partial charge in [0.25, 0.3) is 0 Å². The van der Waals surface area contributed by atoms with Gasteiger partial charge in [0.15, 0.2) is 0 Å². The standard InChI is InChI=1S/C15H18N2O4/c1-2-15(16)11(8-12(18)17-14(15)20)13(19)21-9-10-6-4-3-5-7-10/h3-7,11H,2,8-9,16H2,1H3,(H,17,18,20). The molecule has 0 radical (unpaired) electrons. The zero-order chi connectivity index (χ0) is 15.5. The lowest BCUT2D eigenvalue weighted by Crippen LogP contribution is -2.66. The first-order valence-electron chi connectivity index (χ1n) is 6.81. The average molecular weight is 290 g/mol. The number of esters is 1. The number of hydrogen-bond donors (Lipinski definition) is 2. The molecule has 2 atom stereocenters. The maximum absolute atomic E-state index is 12.2. The summed E-state index contributed by atoms with van der Waals surface area (Å²) >= 11 is 0. The van der Waals surface area contributed by atoms with Crippen molar-refractivity contribution >= 4 is 17.8 Å². The lowest BCUT2D eigenvalue weighted by molar-refractivity contribution is -0.160. The summed E-state index contributed by atoms with van der Waals surface area (Å²) in [6.45, 7) is 1.79. The highest BCUT2D eigenvalue weighted by Gasteiger charge is 2.50. The number of nitrogens with one attached hydrogen (secondary N) is 1. The predicted octanol–water partition coefficient (Wildman–Crippen LogP) is 0.500. The van der Waals surface area contributed by atoms with E-state index in [1.807, 2.05) is 30.3 Å². The summed E-state index contributed by atoms with van der Waals surface area (Å²) in [5, 5.41) is 2.17. The second-order valence-corrected chi connectivity index (χ2v) is 5.12. The number of carbonyl (C=O) groups excluding carboxylic acids is 3. The zero-order valence-electron chi connectivity index (χ0n) is 11.8. The van der Waals surface area contributed by atoms with Gasteiger partial charge in [-0.25, -0.2) is 0 Å². The number of ether oxygens (including phenoxy) is 1. The first-order valence-corrected chi connectivity index (χ1v) is 6.81. The summed E-state index contributed by atoms with van der Waals surface area (Å²) in [6, 6.07) is 9.17. The summed E-state index contributed by atoms with van der Waals surface area (Å²) in [5.74, 6) is -2.70. The number of nitrogens with two attached hydrogens (primary N) is 1. The van der Waals surface area contributed by atoms with E-state index in [2.05, 4.69) is 5.32 Å². The minimum absolute atomic E-state index is 0.0891. The van der Waals surface area contributed by atoms with E-state index < -0.39 is 29.2 Å². The fraction of sp³-hybridized carbons (Fsp3) is 0.400. The summed E-state index contributed by atoms with van der Waals surface area (Å²) in [5.41, 5.74) is 5.44.